The van der Waals surface area contributed by atoms with E-state index in [1.54, 1.807) is 0 Å². The lowest BCUT2D eigenvalue weighted by molar-refractivity contribution is 0.0425. The summed E-state index contributed by atoms with van der Waals surface area (Å²) in [6.07, 6.45) is 8.39. The van der Waals surface area contributed by atoms with Gasteiger partial charge in [-0.3, -0.25) is 0 Å². The first kappa shape index (κ1) is 8.82. The van der Waals surface area contributed by atoms with E-state index in [-0.39, 0.29) is 0 Å². The van der Waals surface area contributed by atoms with Crippen LogP contribution in [-0.2, 0) is 6.54 Å². The molecule has 1 aromatic heterocycles. The molecular formula is C11H18N2. The van der Waals surface area contributed by atoms with Crippen LogP contribution in [0.25, 0.3) is 0 Å². The Labute approximate surface area is 80.2 Å². The van der Waals surface area contributed by atoms with Gasteiger partial charge in [0.25, 0.3) is 0 Å². The van der Waals surface area contributed by atoms with Crippen molar-refractivity contribution < 1.29 is 0 Å². The molecule has 0 radical (unpaired) electrons. The Morgan fingerprint density at radius 1 is 1.23 bits per heavy atom. The molecule has 13 heavy (non-hydrogen) atoms. The molecule has 2 nitrogen and oxygen atoms in total. The van der Waals surface area contributed by atoms with Gasteiger partial charge in [0.2, 0.25) is 0 Å². The highest BCUT2D eigenvalue weighted by Gasteiger charge is 2.38. The van der Waals surface area contributed by atoms with Crippen LogP contribution < -0.4 is 0 Å². The summed E-state index contributed by atoms with van der Waals surface area (Å²) in [5.74, 6) is 0. The number of aromatic nitrogens is 1. The Hall–Kier alpha value is -0.760. The Morgan fingerprint density at radius 3 is 2.23 bits per heavy atom. The zero-order valence-corrected chi connectivity index (χ0v) is 8.53. The number of nitrogens with zero attached hydrogens (tertiary/aromatic N) is 2. The van der Waals surface area contributed by atoms with E-state index in [1.165, 1.54) is 19.3 Å². The molecule has 1 aliphatic rings. The van der Waals surface area contributed by atoms with Gasteiger partial charge >= 0.3 is 0 Å². The summed E-state index contributed by atoms with van der Waals surface area (Å²) in [5.41, 5.74) is 0.443. The molecule has 0 unspecified atom stereocenters. The first-order valence-corrected chi connectivity index (χ1v) is 5.01. The summed E-state index contributed by atoms with van der Waals surface area (Å²) in [6, 6.07) is 4.20. The normalized spacial score (nSPS) is 20.2. The highest BCUT2D eigenvalue weighted by Crippen LogP contribution is 2.37. The average molecular weight is 178 g/mol. The smallest absolute Gasteiger partial charge is 0.0404 e. The van der Waals surface area contributed by atoms with Crippen LogP contribution in [0.1, 0.15) is 19.3 Å². The summed E-state index contributed by atoms with van der Waals surface area (Å²) >= 11 is 0. The van der Waals surface area contributed by atoms with Crippen LogP contribution in [0.3, 0.4) is 0 Å². The van der Waals surface area contributed by atoms with Gasteiger partial charge in [0, 0.05) is 24.5 Å². The molecule has 2 rings (SSSR count). The molecule has 1 aromatic rings. The summed E-state index contributed by atoms with van der Waals surface area (Å²) < 4.78 is 2.29. The first-order chi connectivity index (χ1) is 6.23. The highest BCUT2D eigenvalue weighted by molar-refractivity contribution is 4.99. The molecule has 0 N–H and O–H groups in total. The largest absolute Gasteiger partial charge is 0.352 e. The Balaban J connectivity index is 2.07. The van der Waals surface area contributed by atoms with Gasteiger partial charge in [-0.25, -0.2) is 0 Å². The Morgan fingerprint density at radius 2 is 1.85 bits per heavy atom. The zero-order chi connectivity index (χ0) is 9.31. The third-order valence-electron chi connectivity index (χ3n) is 3.38. The van der Waals surface area contributed by atoms with Gasteiger partial charge in [0.15, 0.2) is 0 Å². The molecule has 0 saturated heterocycles. The third kappa shape index (κ3) is 1.51. The molecule has 0 atom stereocenters. The first-order valence-electron chi connectivity index (χ1n) is 5.01. The molecule has 0 aliphatic heterocycles. The number of likely N-dealkylation sites (N-methyl/N-ethyl adjacent to an activating group) is 1. The van der Waals surface area contributed by atoms with Crippen LogP contribution in [0.4, 0.5) is 0 Å². The minimum Gasteiger partial charge on any atom is -0.352 e. The van der Waals surface area contributed by atoms with Crippen LogP contribution in [0.2, 0.25) is 0 Å². The van der Waals surface area contributed by atoms with Crippen LogP contribution in [0.15, 0.2) is 24.5 Å². The number of hydrogen-bond donors (Lipinski definition) is 0. The maximum absolute atomic E-state index is 2.39. The van der Waals surface area contributed by atoms with E-state index >= 15 is 0 Å². The second-order valence-electron chi connectivity index (χ2n) is 4.33. The Kier molecular flexibility index (Phi) is 2.16. The number of rotatable bonds is 3. The zero-order valence-electron chi connectivity index (χ0n) is 8.53. The van der Waals surface area contributed by atoms with Crippen molar-refractivity contribution in [3.05, 3.63) is 24.5 Å². The van der Waals surface area contributed by atoms with Gasteiger partial charge in [0.05, 0.1) is 0 Å². The van der Waals surface area contributed by atoms with E-state index in [0.717, 1.165) is 6.54 Å². The maximum Gasteiger partial charge on any atom is 0.0404 e. The predicted octanol–water partition coefficient (Wildman–Crippen LogP) is 1.97. The van der Waals surface area contributed by atoms with Gasteiger partial charge in [-0.1, -0.05) is 0 Å². The molecule has 0 spiro atoms. The van der Waals surface area contributed by atoms with Crippen LogP contribution in [-0.4, -0.2) is 29.1 Å². The van der Waals surface area contributed by atoms with Gasteiger partial charge < -0.3 is 9.47 Å². The second-order valence-corrected chi connectivity index (χ2v) is 4.33. The molecule has 1 fully saturated rings. The van der Waals surface area contributed by atoms with Crippen molar-refractivity contribution in [1.82, 2.24) is 9.47 Å². The molecule has 0 amide bonds. The van der Waals surface area contributed by atoms with E-state index < -0.39 is 0 Å². The maximum atomic E-state index is 2.39. The standard InChI is InChI=1S/C11H18N2/c1-12(2)11(6-5-7-11)10-13-8-3-4-9-13/h3-4,8-9H,5-7,10H2,1-2H3. The van der Waals surface area contributed by atoms with E-state index in [1.807, 2.05) is 0 Å². The molecule has 0 aromatic carbocycles. The minimum absolute atomic E-state index is 0.443. The van der Waals surface area contributed by atoms with Crippen molar-refractivity contribution in [3.63, 3.8) is 0 Å². The van der Waals surface area contributed by atoms with Gasteiger partial charge in [-0.15, -0.1) is 0 Å². The van der Waals surface area contributed by atoms with Crippen LogP contribution >= 0.6 is 0 Å². The van der Waals surface area contributed by atoms with Crippen LogP contribution in [0, 0.1) is 0 Å². The summed E-state index contributed by atoms with van der Waals surface area (Å²) in [6.45, 7) is 1.15. The molecule has 1 aliphatic carbocycles. The molecule has 1 saturated carbocycles. The van der Waals surface area contributed by atoms with E-state index in [0.29, 0.717) is 5.54 Å². The predicted molar refractivity (Wildman–Crippen MR) is 54.7 cm³/mol. The van der Waals surface area contributed by atoms with Crippen molar-refractivity contribution in [2.24, 2.45) is 0 Å². The molecule has 1 heterocycles. The SMILES string of the molecule is CN(C)C1(Cn2cccc2)CCC1. The molecular weight excluding hydrogens is 160 g/mol. The van der Waals surface area contributed by atoms with Gasteiger partial charge in [0.1, 0.15) is 0 Å². The average Bonchev–Trinajstić information content (AvgIpc) is 2.47. The fraction of sp³-hybridized carbons (Fsp3) is 0.636. The second kappa shape index (κ2) is 3.18. The fourth-order valence-electron chi connectivity index (χ4n) is 2.15. The van der Waals surface area contributed by atoms with Gasteiger partial charge in [-0.2, -0.15) is 0 Å². The highest BCUT2D eigenvalue weighted by atomic mass is 15.2. The lowest BCUT2D eigenvalue weighted by atomic mass is 9.75. The molecule has 0 bridgehead atoms. The monoisotopic (exact) mass is 178 g/mol. The Bertz CT molecular complexity index is 258. The molecule has 72 valence electrons. The third-order valence-corrected chi connectivity index (χ3v) is 3.38. The van der Waals surface area contributed by atoms with E-state index in [4.69, 9.17) is 0 Å². The van der Waals surface area contributed by atoms with Gasteiger partial charge in [-0.05, 0) is 45.5 Å². The lowest BCUT2D eigenvalue weighted by Gasteiger charge is -2.47. The summed E-state index contributed by atoms with van der Waals surface area (Å²) in [4.78, 5) is 2.39. The van der Waals surface area contributed by atoms with Crippen molar-refractivity contribution in [2.75, 3.05) is 14.1 Å². The topological polar surface area (TPSA) is 8.17 Å². The van der Waals surface area contributed by atoms with Crippen molar-refractivity contribution in [1.29, 1.82) is 0 Å². The minimum atomic E-state index is 0.443. The number of hydrogen-bond acceptors (Lipinski definition) is 1. The lowest BCUT2D eigenvalue weighted by Crippen LogP contribution is -2.52. The van der Waals surface area contributed by atoms with Crippen molar-refractivity contribution in [3.8, 4) is 0 Å². The fourth-order valence-corrected chi connectivity index (χ4v) is 2.15. The van der Waals surface area contributed by atoms with Crippen molar-refractivity contribution >= 4 is 0 Å². The summed E-state index contributed by atoms with van der Waals surface area (Å²) in [7, 11) is 4.39. The summed E-state index contributed by atoms with van der Waals surface area (Å²) in [5, 5.41) is 0. The van der Waals surface area contributed by atoms with Crippen molar-refractivity contribution in [2.45, 2.75) is 31.3 Å². The van der Waals surface area contributed by atoms with E-state index in [2.05, 4.69) is 48.1 Å². The quantitative estimate of drug-likeness (QED) is 0.687. The van der Waals surface area contributed by atoms with E-state index in [9.17, 15) is 0 Å². The molecule has 2 heteroatoms. The van der Waals surface area contributed by atoms with Crippen LogP contribution in [0.5, 0.6) is 0 Å².